The maximum Gasteiger partial charge on any atom is 0.389 e. The molecule has 0 aliphatic carbocycles. The predicted molar refractivity (Wildman–Crippen MR) is 46.5 cm³/mol. The summed E-state index contributed by atoms with van der Waals surface area (Å²) < 4.78 is 35.4. The molecule has 0 radical (unpaired) electrons. The van der Waals surface area contributed by atoms with Crippen LogP contribution in [-0.4, -0.2) is 16.9 Å². The lowest BCUT2D eigenvalue weighted by molar-refractivity contribution is -0.133. The first kappa shape index (κ1) is 11.2. The molecule has 0 saturated carbocycles. The molecular formula is C8H8F3NOS. The fourth-order valence-electron chi connectivity index (χ4n) is 0.836. The van der Waals surface area contributed by atoms with Gasteiger partial charge in [-0.2, -0.15) is 13.2 Å². The molecule has 0 aliphatic rings. The Balaban J connectivity index is 2.56. The number of aromatic nitrogens is 1. The quantitative estimate of drug-likeness (QED) is 0.737. The third-order valence-corrected chi connectivity index (χ3v) is 2.44. The molecule has 0 saturated heterocycles. The monoisotopic (exact) mass is 223 g/mol. The average Bonchev–Trinajstić information content (AvgIpc) is 2.47. The van der Waals surface area contributed by atoms with Crippen LogP contribution in [0.25, 0.3) is 0 Å². The van der Waals surface area contributed by atoms with Crippen molar-refractivity contribution in [2.24, 2.45) is 0 Å². The van der Waals surface area contributed by atoms with Crippen molar-refractivity contribution < 1.29 is 18.0 Å². The Bertz CT molecular complexity index is 332. The van der Waals surface area contributed by atoms with E-state index in [1.54, 1.807) is 0 Å². The lowest BCUT2D eigenvalue weighted by atomic mass is 10.3. The molecule has 0 amide bonds. The molecule has 2 nitrogen and oxygen atoms in total. The van der Waals surface area contributed by atoms with Gasteiger partial charge in [0, 0.05) is 25.1 Å². The summed E-state index contributed by atoms with van der Waals surface area (Å²) in [6, 6.07) is 0. The first-order valence-electron chi connectivity index (χ1n) is 3.90. The largest absolute Gasteiger partial charge is 0.389 e. The highest BCUT2D eigenvalue weighted by Gasteiger charge is 2.27. The minimum absolute atomic E-state index is 0.151. The summed E-state index contributed by atoms with van der Waals surface area (Å²) in [5.41, 5.74) is 0.243. The SMILES string of the molecule is CC(=O)c1csc(CCC(F)(F)F)n1. The van der Waals surface area contributed by atoms with Gasteiger partial charge in [0.25, 0.3) is 0 Å². The van der Waals surface area contributed by atoms with Gasteiger partial charge in [-0.3, -0.25) is 4.79 Å². The summed E-state index contributed by atoms with van der Waals surface area (Å²) in [6.45, 7) is 1.34. The number of alkyl halides is 3. The fraction of sp³-hybridized carbons (Fsp3) is 0.500. The zero-order valence-corrected chi connectivity index (χ0v) is 8.21. The zero-order valence-electron chi connectivity index (χ0n) is 7.39. The van der Waals surface area contributed by atoms with Crippen molar-refractivity contribution in [3.05, 3.63) is 16.1 Å². The van der Waals surface area contributed by atoms with E-state index in [2.05, 4.69) is 4.98 Å². The Labute approximate surface area is 82.8 Å². The highest BCUT2D eigenvalue weighted by Crippen LogP contribution is 2.23. The number of aryl methyl sites for hydroxylation is 1. The van der Waals surface area contributed by atoms with Crippen molar-refractivity contribution in [3.63, 3.8) is 0 Å². The van der Waals surface area contributed by atoms with Gasteiger partial charge in [-0.15, -0.1) is 11.3 Å². The van der Waals surface area contributed by atoms with E-state index in [1.165, 1.54) is 12.3 Å². The van der Waals surface area contributed by atoms with E-state index >= 15 is 0 Å². The van der Waals surface area contributed by atoms with E-state index in [-0.39, 0.29) is 17.9 Å². The van der Waals surface area contributed by atoms with Crippen LogP contribution in [0.15, 0.2) is 5.38 Å². The molecule has 1 heterocycles. The number of hydrogen-bond acceptors (Lipinski definition) is 3. The standard InChI is InChI=1S/C8H8F3NOS/c1-5(13)6-4-14-7(12-6)2-3-8(9,10)11/h4H,2-3H2,1H3. The summed E-state index contributed by atoms with van der Waals surface area (Å²) in [4.78, 5) is 14.6. The van der Waals surface area contributed by atoms with Crippen LogP contribution in [0.4, 0.5) is 13.2 Å². The first-order chi connectivity index (χ1) is 6.38. The Morgan fingerprint density at radius 2 is 2.21 bits per heavy atom. The molecule has 0 bridgehead atoms. The van der Waals surface area contributed by atoms with Crippen LogP contribution < -0.4 is 0 Å². The van der Waals surface area contributed by atoms with Gasteiger partial charge in [-0.1, -0.05) is 0 Å². The number of carbonyl (C=O) groups excluding carboxylic acids is 1. The topological polar surface area (TPSA) is 30.0 Å². The van der Waals surface area contributed by atoms with Crippen LogP contribution >= 0.6 is 11.3 Å². The third kappa shape index (κ3) is 3.45. The summed E-state index contributed by atoms with van der Waals surface area (Å²) in [6.07, 6.45) is -5.21. The number of ketones is 1. The molecule has 0 aromatic carbocycles. The predicted octanol–water partition coefficient (Wildman–Crippen LogP) is 2.84. The molecular weight excluding hydrogens is 215 g/mol. The van der Waals surface area contributed by atoms with Crippen LogP contribution in [0.5, 0.6) is 0 Å². The second-order valence-electron chi connectivity index (χ2n) is 2.80. The molecule has 1 aromatic rings. The average molecular weight is 223 g/mol. The van der Waals surface area contributed by atoms with E-state index in [0.29, 0.717) is 5.01 Å². The van der Waals surface area contributed by atoms with Crippen LogP contribution in [0.3, 0.4) is 0 Å². The molecule has 0 fully saturated rings. The molecule has 0 unspecified atom stereocenters. The zero-order chi connectivity index (χ0) is 10.8. The molecule has 0 N–H and O–H groups in total. The third-order valence-electron chi connectivity index (χ3n) is 1.53. The van der Waals surface area contributed by atoms with E-state index in [0.717, 1.165) is 11.3 Å². The van der Waals surface area contributed by atoms with Gasteiger partial charge >= 0.3 is 6.18 Å². The van der Waals surface area contributed by atoms with Crippen molar-refractivity contribution >= 4 is 17.1 Å². The summed E-state index contributed by atoms with van der Waals surface area (Å²) >= 11 is 1.09. The van der Waals surface area contributed by atoms with Gasteiger partial charge in [0.2, 0.25) is 0 Å². The molecule has 0 aliphatic heterocycles. The van der Waals surface area contributed by atoms with E-state index in [4.69, 9.17) is 0 Å². The Hall–Kier alpha value is -0.910. The van der Waals surface area contributed by atoms with Crippen LogP contribution in [0, 0.1) is 0 Å². The van der Waals surface area contributed by atoms with Crippen molar-refractivity contribution in [2.45, 2.75) is 25.9 Å². The van der Waals surface area contributed by atoms with Crippen LogP contribution in [-0.2, 0) is 6.42 Å². The minimum Gasteiger partial charge on any atom is -0.293 e. The van der Waals surface area contributed by atoms with Gasteiger partial charge in [-0.05, 0) is 0 Å². The lowest BCUT2D eigenvalue weighted by Crippen LogP contribution is -2.08. The normalized spacial score (nSPS) is 11.7. The van der Waals surface area contributed by atoms with Gasteiger partial charge in [0.1, 0.15) is 5.69 Å². The maximum absolute atomic E-state index is 11.8. The van der Waals surface area contributed by atoms with Crippen molar-refractivity contribution in [2.75, 3.05) is 0 Å². The Morgan fingerprint density at radius 1 is 1.57 bits per heavy atom. The number of carbonyl (C=O) groups is 1. The van der Waals surface area contributed by atoms with Crippen LogP contribution in [0.2, 0.25) is 0 Å². The lowest BCUT2D eigenvalue weighted by Gasteiger charge is -2.02. The first-order valence-corrected chi connectivity index (χ1v) is 4.78. The highest BCUT2D eigenvalue weighted by molar-refractivity contribution is 7.09. The van der Waals surface area contributed by atoms with E-state index < -0.39 is 12.6 Å². The number of thiazole rings is 1. The van der Waals surface area contributed by atoms with Crippen molar-refractivity contribution in [1.29, 1.82) is 0 Å². The fourth-order valence-corrected chi connectivity index (χ4v) is 1.67. The number of hydrogen-bond donors (Lipinski definition) is 0. The number of Topliss-reactive ketones (excluding diaryl/α,β-unsaturated/α-hetero) is 1. The van der Waals surface area contributed by atoms with Gasteiger partial charge in [0.15, 0.2) is 5.78 Å². The van der Waals surface area contributed by atoms with Crippen molar-refractivity contribution in [1.82, 2.24) is 4.98 Å². The van der Waals surface area contributed by atoms with Gasteiger partial charge < -0.3 is 0 Å². The molecule has 0 atom stereocenters. The second kappa shape index (κ2) is 4.08. The molecule has 1 aromatic heterocycles. The summed E-state index contributed by atoms with van der Waals surface area (Å²) in [5.74, 6) is -0.223. The number of rotatable bonds is 3. The smallest absolute Gasteiger partial charge is 0.293 e. The molecule has 78 valence electrons. The minimum atomic E-state index is -4.16. The molecule has 14 heavy (non-hydrogen) atoms. The number of nitrogens with zero attached hydrogens (tertiary/aromatic N) is 1. The molecule has 0 spiro atoms. The molecule has 1 rings (SSSR count). The summed E-state index contributed by atoms with van der Waals surface area (Å²) in [5, 5.41) is 1.83. The second-order valence-corrected chi connectivity index (χ2v) is 3.74. The van der Waals surface area contributed by atoms with Crippen molar-refractivity contribution in [3.8, 4) is 0 Å². The van der Waals surface area contributed by atoms with E-state index in [9.17, 15) is 18.0 Å². The highest BCUT2D eigenvalue weighted by atomic mass is 32.1. The Kier molecular flexibility index (Phi) is 3.25. The summed E-state index contributed by atoms with van der Waals surface area (Å²) in [7, 11) is 0. The van der Waals surface area contributed by atoms with Gasteiger partial charge in [0.05, 0.1) is 5.01 Å². The van der Waals surface area contributed by atoms with E-state index in [1.807, 2.05) is 0 Å². The number of halogens is 3. The van der Waals surface area contributed by atoms with Gasteiger partial charge in [-0.25, -0.2) is 4.98 Å². The molecule has 6 heteroatoms. The maximum atomic E-state index is 11.8. The van der Waals surface area contributed by atoms with Crippen LogP contribution in [0.1, 0.15) is 28.8 Å². The Morgan fingerprint density at radius 3 is 2.64 bits per heavy atom.